The van der Waals surface area contributed by atoms with E-state index in [1.165, 1.54) is 6.07 Å². The van der Waals surface area contributed by atoms with E-state index in [0.29, 0.717) is 25.4 Å². The van der Waals surface area contributed by atoms with E-state index in [1.807, 2.05) is 13.8 Å². The van der Waals surface area contributed by atoms with Crippen LogP contribution in [0.3, 0.4) is 0 Å². The number of rotatable bonds is 8. The summed E-state index contributed by atoms with van der Waals surface area (Å²) in [6, 6.07) is 7.64. The number of urea groups is 1. The number of halogens is 3. The fourth-order valence-electron chi connectivity index (χ4n) is 5.28. The second kappa shape index (κ2) is 16.8. The molecular formula is C33H47F3N4O5. The second-order valence-electron chi connectivity index (χ2n) is 11.9. The molecule has 1 aliphatic rings. The monoisotopic (exact) mass is 636 g/mol. The van der Waals surface area contributed by atoms with E-state index < -0.39 is 23.8 Å². The van der Waals surface area contributed by atoms with E-state index in [1.54, 1.807) is 24.0 Å². The SMILES string of the molecule is CCCN(C)C[C@@H]1OCCCC[C@@H](C)Oc2ccc(NC(=O)Nc3ccc(C(F)(F)F)cc3)cc2C(=O)N([C@H](C)CO)C[C@H]1C. The fraction of sp³-hybridized carbons (Fsp3) is 0.576. The van der Waals surface area contributed by atoms with Gasteiger partial charge in [-0.15, -0.1) is 0 Å². The molecule has 0 saturated heterocycles. The van der Waals surface area contributed by atoms with Crippen molar-refractivity contribution < 1.29 is 37.3 Å². The highest BCUT2D eigenvalue weighted by atomic mass is 19.4. The van der Waals surface area contributed by atoms with Crippen LogP contribution >= 0.6 is 0 Å². The normalized spacial score (nSPS) is 21.0. The van der Waals surface area contributed by atoms with E-state index in [9.17, 15) is 27.9 Å². The number of carbonyl (C=O) groups is 2. The predicted molar refractivity (Wildman–Crippen MR) is 169 cm³/mol. The zero-order valence-electron chi connectivity index (χ0n) is 26.8. The van der Waals surface area contributed by atoms with Gasteiger partial charge in [-0.2, -0.15) is 13.2 Å². The van der Waals surface area contributed by atoms with Crippen molar-refractivity contribution in [2.24, 2.45) is 5.92 Å². The number of benzene rings is 2. The summed E-state index contributed by atoms with van der Waals surface area (Å²) in [6.45, 7) is 10.2. The topological polar surface area (TPSA) is 103 Å². The molecule has 3 N–H and O–H groups in total. The van der Waals surface area contributed by atoms with Gasteiger partial charge in [0.1, 0.15) is 5.75 Å². The van der Waals surface area contributed by atoms with E-state index >= 15 is 0 Å². The Morgan fingerprint density at radius 3 is 2.42 bits per heavy atom. The van der Waals surface area contributed by atoms with Gasteiger partial charge in [0.15, 0.2) is 0 Å². The number of carbonyl (C=O) groups excluding carboxylic acids is 2. The van der Waals surface area contributed by atoms with Crippen molar-refractivity contribution in [2.45, 2.75) is 77.8 Å². The van der Waals surface area contributed by atoms with Crippen LogP contribution < -0.4 is 15.4 Å². The first kappa shape index (κ1) is 36.1. The minimum Gasteiger partial charge on any atom is -0.490 e. The third-order valence-electron chi connectivity index (χ3n) is 7.88. The molecule has 4 atom stereocenters. The van der Waals surface area contributed by atoms with E-state index in [0.717, 1.165) is 56.5 Å². The summed E-state index contributed by atoms with van der Waals surface area (Å²) in [4.78, 5) is 30.8. The summed E-state index contributed by atoms with van der Waals surface area (Å²) in [7, 11) is 2.06. The van der Waals surface area contributed by atoms with Gasteiger partial charge in [-0.3, -0.25) is 4.79 Å². The van der Waals surface area contributed by atoms with Crippen molar-refractivity contribution in [3.8, 4) is 5.75 Å². The minimum atomic E-state index is -4.49. The quantitative estimate of drug-likeness (QED) is 0.306. The Hall–Kier alpha value is -3.35. The molecule has 0 fully saturated rings. The summed E-state index contributed by atoms with van der Waals surface area (Å²) in [5.41, 5.74) is -0.144. The van der Waals surface area contributed by atoms with Crippen LogP contribution in [0.2, 0.25) is 0 Å². The fourth-order valence-corrected chi connectivity index (χ4v) is 5.28. The lowest BCUT2D eigenvalue weighted by Gasteiger charge is -2.35. The molecule has 3 rings (SSSR count). The second-order valence-corrected chi connectivity index (χ2v) is 11.9. The van der Waals surface area contributed by atoms with Gasteiger partial charge in [0, 0.05) is 37.0 Å². The summed E-state index contributed by atoms with van der Waals surface area (Å²) < 4.78 is 51.3. The smallest absolute Gasteiger partial charge is 0.416 e. The Morgan fingerprint density at radius 2 is 1.78 bits per heavy atom. The highest BCUT2D eigenvalue weighted by Crippen LogP contribution is 2.31. The van der Waals surface area contributed by atoms with E-state index in [-0.39, 0.29) is 47.6 Å². The van der Waals surface area contributed by atoms with Crippen LogP contribution in [0.4, 0.5) is 29.3 Å². The number of nitrogens with zero attached hydrogens (tertiary/aromatic N) is 2. The van der Waals surface area contributed by atoms with Gasteiger partial charge in [-0.1, -0.05) is 13.8 Å². The average molecular weight is 637 g/mol. The van der Waals surface area contributed by atoms with Crippen LogP contribution in [0.5, 0.6) is 5.75 Å². The summed E-state index contributed by atoms with van der Waals surface area (Å²) >= 11 is 0. The molecule has 0 aromatic heterocycles. The van der Waals surface area contributed by atoms with Crippen molar-refractivity contribution in [3.05, 3.63) is 53.6 Å². The first-order valence-corrected chi connectivity index (χ1v) is 15.6. The molecule has 1 aliphatic heterocycles. The maximum atomic E-state index is 14.2. The molecule has 0 radical (unpaired) electrons. The summed E-state index contributed by atoms with van der Waals surface area (Å²) in [5.74, 6) is -0.0593. The Bertz CT molecular complexity index is 1240. The number of anilines is 2. The standard InChI is InChI=1S/C33H47F3N4O5/c1-6-16-39(5)20-30-22(2)19-40(23(3)21-41)31(42)28-18-27(14-15-29(28)45-24(4)9-7-8-17-44-30)38-32(43)37-26-12-10-25(11-13-26)33(34,35)36/h10-15,18,22-24,30,41H,6-9,16-17,19-21H2,1-5H3,(H2,37,38,43)/t22-,23-,24-,30+/m1/s1. The Labute approximate surface area is 264 Å². The molecule has 0 aliphatic carbocycles. The van der Waals surface area contributed by atoms with Gasteiger partial charge in [0.25, 0.3) is 5.91 Å². The van der Waals surface area contributed by atoms with Gasteiger partial charge in [-0.05, 0) is 95.6 Å². The lowest BCUT2D eigenvalue weighted by Crippen LogP contribution is -2.47. The van der Waals surface area contributed by atoms with Crippen LogP contribution in [0.1, 0.15) is 69.3 Å². The van der Waals surface area contributed by atoms with Crippen LogP contribution in [-0.2, 0) is 10.9 Å². The Kier molecular flexibility index (Phi) is 13.5. The van der Waals surface area contributed by atoms with Crippen molar-refractivity contribution >= 4 is 23.3 Å². The highest BCUT2D eigenvalue weighted by molar-refractivity contribution is 6.02. The van der Waals surface area contributed by atoms with Crippen LogP contribution in [0.15, 0.2) is 42.5 Å². The highest BCUT2D eigenvalue weighted by Gasteiger charge is 2.31. The van der Waals surface area contributed by atoms with E-state index in [2.05, 4.69) is 29.5 Å². The lowest BCUT2D eigenvalue weighted by atomic mass is 10.0. The minimum absolute atomic E-state index is 0.0516. The Balaban J connectivity index is 1.89. The molecule has 0 bridgehead atoms. The molecule has 250 valence electrons. The van der Waals surface area contributed by atoms with Crippen LogP contribution in [0, 0.1) is 5.92 Å². The number of hydrogen-bond donors (Lipinski definition) is 3. The largest absolute Gasteiger partial charge is 0.490 e. The molecule has 3 amide bonds. The summed E-state index contributed by atoms with van der Waals surface area (Å²) in [5, 5.41) is 15.3. The zero-order valence-corrected chi connectivity index (χ0v) is 26.8. The molecule has 2 aromatic carbocycles. The first-order chi connectivity index (χ1) is 21.3. The molecule has 12 heteroatoms. The molecule has 0 spiro atoms. The third-order valence-corrected chi connectivity index (χ3v) is 7.88. The Morgan fingerprint density at radius 1 is 1.11 bits per heavy atom. The third kappa shape index (κ3) is 10.9. The van der Waals surface area contributed by atoms with Crippen LogP contribution in [0.25, 0.3) is 0 Å². The maximum absolute atomic E-state index is 14.2. The number of hydrogen-bond acceptors (Lipinski definition) is 6. The lowest BCUT2D eigenvalue weighted by molar-refractivity contribution is -0.137. The van der Waals surface area contributed by atoms with Gasteiger partial charge < -0.3 is 35.0 Å². The molecular weight excluding hydrogens is 589 g/mol. The molecule has 9 nitrogen and oxygen atoms in total. The molecule has 45 heavy (non-hydrogen) atoms. The van der Waals surface area contributed by atoms with Gasteiger partial charge in [0.2, 0.25) is 0 Å². The van der Waals surface area contributed by atoms with Crippen LogP contribution in [-0.4, -0.2) is 85.0 Å². The number of likely N-dealkylation sites (N-methyl/N-ethyl adjacent to an activating group) is 1. The number of amides is 3. The number of ether oxygens (including phenoxy) is 2. The van der Waals surface area contributed by atoms with E-state index in [4.69, 9.17) is 9.47 Å². The molecule has 0 unspecified atom stereocenters. The maximum Gasteiger partial charge on any atom is 0.416 e. The number of aliphatic hydroxyl groups excluding tert-OH is 1. The molecule has 1 heterocycles. The van der Waals surface area contributed by atoms with Crippen molar-refractivity contribution in [1.82, 2.24) is 9.80 Å². The van der Waals surface area contributed by atoms with Gasteiger partial charge in [0.05, 0.1) is 36.0 Å². The van der Waals surface area contributed by atoms with Crippen molar-refractivity contribution in [3.63, 3.8) is 0 Å². The molecule has 0 saturated carbocycles. The number of nitrogens with one attached hydrogen (secondary N) is 2. The number of fused-ring (bicyclic) bond motifs is 1. The first-order valence-electron chi connectivity index (χ1n) is 15.6. The number of aliphatic hydroxyl groups is 1. The van der Waals surface area contributed by atoms with Gasteiger partial charge >= 0.3 is 12.2 Å². The van der Waals surface area contributed by atoms with Crippen molar-refractivity contribution in [2.75, 3.05) is 50.5 Å². The zero-order chi connectivity index (χ0) is 33.1. The van der Waals surface area contributed by atoms with Crippen molar-refractivity contribution in [1.29, 1.82) is 0 Å². The molecule has 2 aromatic rings. The summed E-state index contributed by atoms with van der Waals surface area (Å²) in [6.07, 6.45) is -1.30. The number of alkyl halides is 3. The predicted octanol–water partition coefficient (Wildman–Crippen LogP) is 6.49. The average Bonchev–Trinajstić information content (AvgIpc) is 2.98. The van der Waals surface area contributed by atoms with Gasteiger partial charge in [-0.25, -0.2) is 4.79 Å².